The maximum absolute atomic E-state index is 13.3. The van der Waals surface area contributed by atoms with Crippen molar-refractivity contribution in [2.75, 3.05) is 0 Å². The van der Waals surface area contributed by atoms with Crippen LogP contribution in [0, 0.1) is 5.82 Å². The molecule has 0 radical (unpaired) electrons. The fraction of sp³-hybridized carbons (Fsp3) is 0.0526. The van der Waals surface area contributed by atoms with E-state index in [1.165, 1.54) is 12.1 Å². The number of benzene rings is 3. The van der Waals surface area contributed by atoms with Gasteiger partial charge in [0.1, 0.15) is 5.82 Å². The average Bonchev–Trinajstić information content (AvgIpc) is 2.62. The second-order valence-electron chi connectivity index (χ2n) is 5.44. The van der Waals surface area contributed by atoms with Gasteiger partial charge >= 0.3 is 0 Å². The van der Waals surface area contributed by atoms with Gasteiger partial charge in [0.2, 0.25) is 5.91 Å². The number of nitrogens with one attached hydrogen (secondary N) is 2. The number of hydrogen-bond acceptors (Lipinski definition) is 2. The van der Waals surface area contributed by atoms with Crippen LogP contribution in [0.15, 0.2) is 65.1 Å². The molecule has 0 saturated heterocycles. The lowest BCUT2D eigenvalue weighted by molar-refractivity contribution is -0.121. The van der Waals surface area contributed by atoms with Gasteiger partial charge in [-0.3, -0.25) is 20.4 Å². The Morgan fingerprint density at radius 1 is 0.960 bits per heavy atom. The van der Waals surface area contributed by atoms with Crippen LogP contribution >= 0.6 is 15.9 Å². The third-order valence-electron chi connectivity index (χ3n) is 3.72. The van der Waals surface area contributed by atoms with Crippen LogP contribution in [0.5, 0.6) is 0 Å². The van der Waals surface area contributed by atoms with Crippen LogP contribution in [0.4, 0.5) is 4.39 Å². The first-order valence-electron chi connectivity index (χ1n) is 7.55. The van der Waals surface area contributed by atoms with Crippen molar-refractivity contribution in [2.45, 2.75) is 6.42 Å². The average molecular weight is 401 g/mol. The van der Waals surface area contributed by atoms with E-state index in [1.54, 1.807) is 0 Å². The highest BCUT2D eigenvalue weighted by Gasteiger charge is 2.13. The Kier molecular flexibility index (Phi) is 5.09. The monoisotopic (exact) mass is 400 g/mol. The Balaban J connectivity index is 1.66. The number of carbonyl (C=O) groups is 2. The van der Waals surface area contributed by atoms with Gasteiger partial charge in [0.05, 0.1) is 12.0 Å². The number of carbonyl (C=O) groups excluding carboxylic acids is 2. The maximum atomic E-state index is 13.3. The molecule has 2 amide bonds. The number of hydrazine groups is 1. The number of rotatable bonds is 3. The molecular formula is C19H14BrFN2O2. The topological polar surface area (TPSA) is 58.2 Å². The summed E-state index contributed by atoms with van der Waals surface area (Å²) in [7, 11) is 0. The first-order chi connectivity index (χ1) is 12.0. The zero-order valence-electron chi connectivity index (χ0n) is 13.1. The van der Waals surface area contributed by atoms with E-state index in [9.17, 15) is 14.0 Å². The van der Waals surface area contributed by atoms with Crippen molar-refractivity contribution in [3.8, 4) is 0 Å². The lowest BCUT2D eigenvalue weighted by atomic mass is 10.0. The number of fused-ring (bicyclic) bond motifs is 1. The summed E-state index contributed by atoms with van der Waals surface area (Å²) in [5.41, 5.74) is 5.62. The summed E-state index contributed by atoms with van der Waals surface area (Å²) in [5.74, 6) is -1.50. The smallest absolute Gasteiger partial charge is 0.270 e. The van der Waals surface area contributed by atoms with Gasteiger partial charge in [0.15, 0.2) is 0 Å². The van der Waals surface area contributed by atoms with Gasteiger partial charge in [-0.25, -0.2) is 4.39 Å². The van der Waals surface area contributed by atoms with Crippen LogP contribution in [0.3, 0.4) is 0 Å². The Labute approximate surface area is 152 Å². The van der Waals surface area contributed by atoms with Gasteiger partial charge in [-0.05, 0) is 50.5 Å². The van der Waals surface area contributed by atoms with Gasteiger partial charge in [-0.1, -0.05) is 42.5 Å². The number of amides is 2. The third-order valence-corrected chi connectivity index (χ3v) is 4.41. The first-order valence-corrected chi connectivity index (χ1v) is 8.35. The minimum absolute atomic E-state index is 0.102. The van der Waals surface area contributed by atoms with Crippen molar-refractivity contribution in [3.63, 3.8) is 0 Å². The molecule has 0 aromatic heterocycles. The summed E-state index contributed by atoms with van der Waals surface area (Å²) < 4.78 is 13.7. The van der Waals surface area contributed by atoms with Crippen LogP contribution in [-0.4, -0.2) is 11.8 Å². The number of halogens is 2. The predicted molar refractivity (Wildman–Crippen MR) is 97.4 cm³/mol. The molecule has 2 N–H and O–H groups in total. The van der Waals surface area contributed by atoms with Gasteiger partial charge in [-0.15, -0.1) is 0 Å². The highest BCUT2D eigenvalue weighted by molar-refractivity contribution is 9.10. The molecule has 0 atom stereocenters. The summed E-state index contributed by atoms with van der Waals surface area (Å²) in [6.07, 6.45) is 0.117. The van der Waals surface area contributed by atoms with E-state index in [0.29, 0.717) is 4.47 Å². The van der Waals surface area contributed by atoms with Gasteiger partial charge in [0.25, 0.3) is 5.91 Å². The first kappa shape index (κ1) is 17.1. The lowest BCUT2D eigenvalue weighted by Crippen LogP contribution is -2.42. The summed E-state index contributed by atoms with van der Waals surface area (Å²) in [4.78, 5) is 24.2. The molecule has 0 fully saturated rings. The van der Waals surface area contributed by atoms with Gasteiger partial charge in [-0.2, -0.15) is 0 Å². The second kappa shape index (κ2) is 7.44. The highest BCUT2D eigenvalue weighted by atomic mass is 79.9. The molecule has 3 aromatic carbocycles. The quantitative estimate of drug-likeness (QED) is 0.657. The zero-order valence-corrected chi connectivity index (χ0v) is 14.6. The zero-order chi connectivity index (χ0) is 17.8. The molecule has 0 aliphatic carbocycles. The summed E-state index contributed by atoms with van der Waals surface area (Å²) >= 11 is 3.18. The highest BCUT2D eigenvalue weighted by Crippen LogP contribution is 2.19. The molecule has 0 aliphatic heterocycles. The Hall–Kier alpha value is -2.73. The summed E-state index contributed by atoms with van der Waals surface area (Å²) in [6, 6.07) is 17.2. The maximum Gasteiger partial charge on any atom is 0.270 e. The van der Waals surface area contributed by atoms with Crippen molar-refractivity contribution in [2.24, 2.45) is 0 Å². The third kappa shape index (κ3) is 4.03. The SMILES string of the molecule is O=C(Cc1cccc2ccccc12)NNC(=O)c1cc(F)ccc1Br. The normalized spacial score (nSPS) is 10.5. The second-order valence-corrected chi connectivity index (χ2v) is 6.30. The molecule has 0 bridgehead atoms. The summed E-state index contributed by atoms with van der Waals surface area (Å²) in [5, 5.41) is 2.03. The van der Waals surface area contributed by atoms with Crippen molar-refractivity contribution >= 4 is 38.5 Å². The van der Waals surface area contributed by atoms with Gasteiger partial charge in [0, 0.05) is 4.47 Å². The van der Waals surface area contributed by atoms with Crippen molar-refractivity contribution < 1.29 is 14.0 Å². The van der Waals surface area contributed by atoms with E-state index in [2.05, 4.69) is 26.8 Å². The van der Waals surface area contributed by atoms with E-state index >= 15 is 0 Å². The molecule has 0 heterocycles. The molecule has 25 heavy (non-hydrogen) atoms. The fourth-order valence-electron chi connectivity index (χ4n) is 2.53. The molecule has 0 saturated carbocycles. The molecule has 126 valence electrons. The van der Waals surface area contributed by atoms with Crippen molar-refractivity contribution in [1.29, 1.82) is 0 Å². The molecule has 3 aromatic rings. The van der Waals surface area contributed by atoms with Gasteiger partial charge < -0.3 is 0 Å². The Bertz CT molecular complexity index is 954. The van der Waals surface area contributed by atoms with E-state index in [0.717, 1.165) is 22.4 Å². The Morgan fingerprint density at radius 2 is 1.72 bits per heavy atom. The molecule has 0 unspecified atom stereocenters. The minimum Gasteiger partial charge on any atom is -0.273 e. The molecular weight excluding hydrogens is 387 g/mol. The van der Waals surface area contributed by atoms with E-state index < -0.39 is 11.7 Å². The Morgan fingerprint density at radius 3 is 2.56 bits per heavy atom. The standard InChI is InChI=1S/C19H14BrFN2O2/c20-17-9-8-14(21)11-16(17)19(25)23-22-18(24)10-13-6-3-5-12-4-1-2-7-15(12)13/h1-9,11H,10H2,(H,22,24)(H,23,25). The van der Waals surface area contributed by atoms with Crippen LogP contribution in [0.2, 0.25) is 0 Å². The molecule has 0 spiro atoms. The molecule has 0 aliphatic rings. The van der Waals surface area contributed by atoms with Crippen LogP contribution in [0.1, 0.15) is 15.9 Å². The minimum atomic E-state index is -0.599. The van der Waals surface area contributed by atoms with Crippen molar-refractivity contribution in [1.82, 2.24) is 10.9 Å². The van der Waals surface area contributed by atoms with Crippen LogP contribution in [-0.2, 0) is 11.2 Å². The summed E-state index contributed by atoms with van der Waals surface area (Å²) in [6.45, 7) is 0. The molecule has 6 heteroatoms. The predicted octanol–water partition coefficient (Wildman–Crippen LogP) is 3.75. The lowest BCUT2D eigenvalue weighted by Gasteiger charge is -2.10. The fourth-order valence-corrected chi connectivity index (χ4v) is 2.96. The van der Waals surface area contributed by atoms with E-state index in [4.69, 9.17) is 0 Å². The molecule has 4 nitrogen and oxygen atoms in total. The van der Waals surface area contributed by atoms with Crippen LogP contribution in [0.25, 0.3) is 10.8 Å². The van der Waals surface area contributed by atoms with Crippen LogP contribution < -0.4 is 10.9 Å². The molecule has 3 rings (SSSR count). The van der Waals surface area contributed by atoms with E-state index in [1.807, 2.05) is 42.5 Å². The van der Waals surface area contributed by atoms with Crippen molar-refractivity contribution in [3.05, 3.63) is 82.1 Å². The largest absolute Gasteiger partial charge is 0.273 e. The van der Waals surface area contributed by atoms with E-state index in [-0.39, 0.29) is 17.9 Å². The number of hydrogen-bond donors (Lipinski definition) is 2.